The van der Waals surface area contributed by atoms with Crippen LogP contribution >= 0.6 is 8.03 Å². The van der Waals surface area contributed by atoms with Crippen molar-refractivity contribution in [1.29, 1.82) is 0 Å². The monoisotopic (exact) mass is 206 g/mol. The molecular weight excluding hydrogens is 187 g/mol. The van der Waals surface area contributed by atoms with Crippen LogP contribution in [0.5, 0.6) is 0 Å². The first-order chi connectivity index (χ1) is 6.02. The fourth-order valence-corrected chi connectivity index (χ4v) is 2.08. The van der Waals surface area contributed by atoms with Crippen LogP contribution in [0.3, 0.4) is 0 Å². The Labute approximate surface area is 80.7 Å². The Morgan fingerprint density at radius 1 is 1.31 bits per heavy atom. The summed E-state index contributed by atoms with van der Waals surface area (Å²) in [6, 6.07) is 0. The van der Waals surface area contributed by atoms with Gasteiger partial charge >= 0.3 is 0 Å². The molecule has 78 valence electrons. The molecule has 1 aliphatic heterocycles. The molecule has 0 aliphatic carbocycles. The second-order valence-electron chi connectivity index (χ2n) is 3.90. The number of hydrogen-bond acceptors (Lipinski definition) is 3. The maximum absolute atomic E-state index is 10.8. The molecule has 0 aromatic heterocycles. The zero-order valence-corrected chi connectivity index (χ0v) is 9.74. The van der Waals surface area contributed by atoms with Crippen LogP contribution in [0.15, 0.2) is 0 Å². The Morgan fingerprint density at radius 3 is 2.31 bits per heavy atom. The van der Waals surface area contributed by atoms with Gasteiger partial charge < -0.3 is 9.26 Å². The smallest absolute Gasteiger partial charge is 0.188 e. The zero-order chi connectivity index (χ0) is 10.0. The molecule has 0 spiro atoms. The van der Waals surface area contributed by atoms with E-state index < -0.39 is 8.03 Å². The molecule has 2 unspecified atom stereocenters. The number of hydrogen-bond donors (Lipinski definition) is 0. The maximum atomic E-state index is 10.8. The molecule has 0 aromatic carbocycles. The lowest BCUT2D eigenvalue weighted by atomic mass is 9.91. The summed E-state index contributed by atoms with van der Waals surface area (Å²) in [5.74, 6) is 1.06. The van der Waals surface area contributed by atoms with E-state index in [1.165, 1.54) is 0 Å². The minimum Gasteiger partial charge on any atom is -0.372 e. The lowest BCUT2D eigenvalue weighted by Crippen LogP contribution is -2.20. The predicted molar refractivity (Wildman–Crippen MR) is 53.5 cm³/mol. The third kappa shape index (κ3) is 2.80. The molecule has 1 rings (SSSR count). The van der Waals surface area contributed by atoms with E-state index in [0.717, 1.165) is 0 Å². The maximum Gasteiger partial charge on any atom is 0.188 e. The van der Waals surface area contributed by atoms with Crippen molar-refractivity contribution in [3.63, 3.8) is 0 Å². The van der Waals surface area contributed by atoms with Gasteiger partial charge in [-0.2, -0.15) is 0 Å². The van der Waals surface area contributed by atoms with Crippen molar-refractivity contribution in [2.45, 2.75) is 33.0 Å². The van der Waals surface area contributed by atoms with Gasteiger partial charge in [-0.1, -0.05) is 13.8 Å². The third-order valence-corrected chi connectivity index (χ3v) is 3.57. The van der Waals surface area contributed by atoms with Gasteiger partial charge in [-0.15, -0.1) is 0 Å². The standard InChI is InChI=1S/C9H19O3P/c1-6-7(2)9(12-8(6)3)5-11-13(4)10/h6-9,13H,5H2,1-4H3/t6-,7?,8-,9+/m0/s1. The van der Waals surface area contributed by atoms with Crippen LogP contribution in [0.2, 0.25) is 0 Å². The molecule has 1 saturated heterocycles. The molecular formula is C9H19O3P. The predicted octanol–water partition coefficient (Wildman–Crippen LogP) is 2.17. The van der Waals surface area contributed by atoms with Gasteiger partial charge in [0, 0.05) is 6.66 Å². The van der Waals surface area contributed by atoms with Crippen LogP contribution < -0.4 is 0 Å². The molecule has 1 aliphatic rings. The first-order valence-electron chi connectivity index (χ1n) is 4.81. The molecule has 3 nitrogen and oxygen atoms in total. The summed E-state index contributed by atoms with van der Waals surface area (Å²) in [6.07, 6.45) is 0.418. The molecule has 5 atom stereocenters. The number of rotatable bonds is 3. The summed E-state index contributed by atoms with van der Waals surface area (Å²) < 4.78 is 21.6. The van der Waals surface area contributed by atoms with Crippen molar-refractivity contribution in [3.05, 3.63) is 0 Å². The van der Waals surface area contributed by atoms with E-state index >= 15 is 0 Å². The van der Waals surface area contributed by atoms with Crippen LogP contribution in [0, 0.1) is 11.8 Å². The van der Waals surface area contributed by atoms with Gasteiger partial charge in [0.15, 0.2) is 8.03 Å². The molecule has 0 N–H and O–H groups in total. The molecule has 1 heterocycles. The Balaban J connectivity index is 2.40. The highest BCUT2D eigenvalue weighted by molar-refractivity contribution is 7.38. The normalized spacial score (nSPS) is 42.2. The molecule has 0 bridgehead atoms. The lowest BCUT2D eigenvalue weighted by Gasteiger charge is -2.15. The summed E-state index contributed by atoms with van der Waals surface area (Å²) in [6.45, 7) is 8.51. The van der Waals surface area contributed by atoms with Gasteiger partial charge in [-0.3, -0.25) is 4.57 Å². The summed E-state index contributed by atoms with van der Waals surface area (Å²) in [5, 5.41) is 0. The highest BCUT2D eigenvalue weighted by atomic mass is 31.1. The summed E-state index contributed by atoms with van der Waals surface area (Å²) in [7, 11) is -1.81. The van der Waals surface area contributed by atoms with E-state index in [0.29, 0.717) is 24.5 Å². The SMILES string of the molecule is CC1[C@@H](CO[PH](C)=O)O[C@@H](C)[C@H]1C. The van der Waals surface area contributed by atoms with Gasteiger partial charge in [-0.25, -0.2) is 0 Å². The number of ether oxygens (including phenoxy) is 1. The van der Waals surface area contributed by atoms with Gasteiger partial charge in [-0.05, 0) is 18.8 Å². The van der Waals surface area contributed by atoms with Crippen LogP contribution in [0.1, 0.15) is 20.8 Å². The Morgan fingerprint density at radius 2 is 1.92 bits per heavy atom. The molecule has 13 heavy (non-hydrogen) atoms. The fourth-order valence-electron chi connectivity index (χ4n) is 1.68. The average Bonchev–Trinajstić information content (AvgIpc) is 2.29. The topological polar surface area (TPSA) is 35.5 Å². The zero-order valence-electron chi connectivity index (χ0n) is 8.74. The molecule has 0 aromatic rings. The van der Waals surface area contributed by atoms with Gasteiger partial charge in [0.2, 0.25) is 0 Å². The third-order valence-electron chi connectivity index (χ3n) is 3.00. The second-order valence-corrected chi connectivity index (χ2v) is 5.17. The van der Waals surface area contributed by atoms with Crippen molar-refractivity contribution in [3.8, 4) is 0 Å². The van der Waals surface area contributed by atoms with Crippen molar-refractivity contribution in [2.75, 3.05) is 13.3 Å². The van der Waals surface area contributed by atoms with E-state index in [1.807, 2.05) is 0 Å². The van der Waals surface area contributed by atoms with Crippen molar-refractivity contribution in [1.82, 2.24) is 0 Å². The Kier molecular flexibility index (Phi) is 3.96. The first kappa shape index (κ1) is 11.2. The first-order valence-corrected chi connectivity index (χ1v) is 6.63. The van der Waals surface area contributed by atoms with Gasteiger partial charge in [0.05, 0.1) is 18.8 Å². The average molecular weight is 206 g/mol. The van der Waals surface area contributed by atoms with Crippen molar-refractivity contribution >= 4 is 8.03 Å². The van der Waals surface area contributed by atoms with E-state index in [-0.39, 0.29) is 6.10 Å². The molecule has 0 radical (unpaired) electrons. The highest BCUT2D eigenvalue weighted by Gasteiger charge is 2.36. The molecule has 4 heteroatoms. The van der Waals surface area contributed by atoms with E-state index in [2.05, 4.69) is 20.8 Å². The minimum atomic E-state index is -1.81. The van der Waals surface area contributed by atoms with Gasteiger partial charge in [0.25, 0.3) is 0 Å². The molecule has 0 saturated carbocycles. The Bertz CT molecular complexity index is 195. The summed E-state index contributed by atoms with van der Waals surface area (Å²) in [4.78, 5) is 0. The largest absolute Gasteiger partial charge is 0.372 e. The fraction of sp³-hybridized carbons (Fsp3) is 1.00. The van der Waals surface area contributed by atoms with Crippen LogP contribution in [-0.4, -0.2) is 25.5 Å². The van der Waals surface area contributed by atoms with E-state index in [1.54, 1.807) is 6.66 Å². The molecule has 0 amide bonds. The lowest BCUT2D eigenvalue weighted by molar-refractivity contribution is 0.0149. The summed E-state index contributed by atoms with van der Waals surface area (Å²) in [5.41, 5.74) is 0. The van der Waals surface area contributed by atoms with Crippen LogP contribution in [0.25, 0.3) is 0 Å². The minimum absolute atomic E-state index is 0.124. The second kappa shape index (κ2) is 4.59. The quantitative estimate of drug-likeness (QED) is 0.664. The van der Waals surface area contributed by atoms with Crippen LogP contribution in [0.4, 0.5) is 0 Å². The van der Waals surface area contributed by atoms with Crippen LogP contribution in [-0.2, 0) is 13.8 Å². The Hall–Kier alpha value is 0.150. The highest BCUT2D eigenvalue weighted by Crippen LogP contribution is 2.33. The van der Waals surface area contributed by atoms with Crippen molar-refractivity contribution in [2.24, 2.45) is 11.8 Å². The van der Waals surface area contributed by atoms with E-state index in [9.17, 15) is 4.57 Å². The summed E-state index contributed by atoms with van der Waals surface area (Å²) >= 11 is 0. The van der Waals surface area contributed by atoms with Gasteiger partial charge in [0.1, 0.15) is 0 Å². The molecule has 1 fully saturated rings. The van der Waals surface area contributed by atoms with Crippen molar-refractivity contribution < 1.29 is 13.8 Å². The van der Waals surface area contributed by atoms with E-state index in [4.69, 9.17) is 9.26 Å².